The molecule has 2 aliphatic heterocycles. The molecule has 0 aliphatic carbocycles. The molecule has 3 rings (SSSR count). The summed E-state index contributed by atoms with van der Waals surface area (Å²) < 4.78 is 24.6. The van der Waals surface area contributed by atoms with E-state index in [1.807, 2.05) is 6.07 Å². The number of benzene rings is 1. The smallest absolute Gasteiger partial charge is 0.191 e. The molecule has 0 amide bonds. The van der Waals surface area contributed by atoms with Crippen LogP contribution in [-0.2, 0) is 9.47 Å². The predicted octanol–water partition coefficient (Wildman–Crippen LogP) is 3.02. The largest absolute Gasteiger partial charge is 0.381 e. The summed E-state index contributed by atoms with van der Waals surface area (Å²) in [7, 11) is 1.79. The fraction of sp³-hybridized carbons (Fsp3) is 0.667. The number of ether oxygens (including phenoxy) is 2. The molecule has 2 heterocycles. The minimum Gasteiger partial charge on any atom is -0.381 e. The molecule has 6 nitrogen and oxygen atoms in total. The SMILES string of the molecule is CN=C(NCCCOCC1CCOC1)NC1CCCN(c2cccc(F)c2)C1.I. The second-order valence-electron chi connectivity index (χ2n) is 7.57. The van der Waals surface area contributed by atoms with Crippen LogP contribution in [-0.4, -0.2) is 65.1 Å². The molecule has 1 aromatic carbocycles. The summed E-state index contributed by atoms with van der Waals surface area (Å²) in [6.45, 7) is 5.87. The third kappa shape index (κ3) is 8.25. The van der Waals surface area contributed by atoms with Gasteiger partial charge < -0.3 is 25.0 Å². The quantitative estimate of drug-likeness (QED) is 0.239. The molecule has 2 atom stereocenters. The third-order valence-electron chi connectivity index (χ3n) is 5.29. The van der Waals surface area contributed by atoms with E-state index in [9.17, 15) is 4.39 Å². The van der Waals surface area contributed by atoms with Crippen LogP contribution >= 0.6 is 24.0 Å². The van der Waals surface area contributed by atoms with Crippen LogP contribution in [0.15, 0.2) is 29.3 Å². The maximum absolute atomic E-state index is 13.5. The number of halogens is 2. The van der Waals surface area contributed by atoms with E-state index in [4.69, 9.17) is 9.47 Å². The molecule has 0 bridgehead atoms. The lowest BCUT2D eigenvalue weighted by Crippen LogP contribution is -2.51. The lowest BCUT2D eigenvalue weighted by Gasteiger charge is -2.35. The second-order valence-corrected chi connectivity index (χ2v) is 7.57. The van der Waals surface area contributed by atoms with Crippen molar-refractivity contribution in [3.05, 3.63) is 30.1 Å². The predicted molar refractivity (Wildman–Crippen MR) is 126 cm³/mol. The molecular formula is C21H34FIN4O2. The lowest BCUT2D eigenvalue weighted by molar-refractivity contribution is 0.0888. The molecule has 2 saturated heterocycles. The van der Waals surface area contributed by atoms with Gasteiger partial charge in [-0.3, -0.25) is 4.99 Å². The van der Waals surface area contributed by atoms with Gasteiger partial charge in [0.15, 0.2) is 5.96 Å². The van der Waals surface area contributed by atoms with Crippen LogP contribution in [0.25, 0.3) is 0 Å². The summed E-state index contributed by atoms with van der Waals surface area (Å²) >= 11 is 0. The molecule has 2 unspecified atom stereocenters. The van der Waals surface area contributed by atoms with Crippen molar-refractivity contribution >= 4 is 35.6 Å². The highest BCUT2D eigenvalue weighted by atomic mass is 127. The number of hydrogen-bond donors (Lipinski definition) is 2. The summed E-state index contributed by atoms with van der Waals surface area (Å²) in [5.74, 6) is 1.19. The van der Waals surface area contributed by atoms with Gasteiger partial charge in [0.25, 0.3) is 0 Å². The van der Waals surface area contributed by atoms with Crippen molar-refractivity contribution < 1.29 is 13.9 Å². The summed E-state index contributed by atoms with van der Waals surface area (Å²) in [6, 6.07) is 7.12. The van der Waals surface area contributed by atoms with Crippen LogP contribution in [0.5, 0.6) is 0 Å². The fourth-order valence-corrected chi connectivity index (χ4v) is 3.74. The molecule has 0 radical (unpaired) electrons. The van der Waals surface area contributed by atoms with Gasteiger partial charge in [0.05, 0.1) is 13.2 Å². The van der Waals surface area contributed by atoms with Gasteiger partial charge in [-0.05, 0) is 43.9 Å². The number of nitrogens with zero attached hydrogens (tertiary/aromatic N) is 2. The van der Waals surface area contributed by atoms with Crippen molar-refractivity contribution in [1.29, 1.82) is 0 Å². The zero-order valence-electron chi connectivity index (χ0n) is 17.2. The van der Waals surface area contributed by atoms with Crippen LogP contribution in [0.2, 0.25) is 0 Å². The minimum atomic E-state index is -0.187. The topological polar surface area (TPSA) is 58.1 Å². The maximum Gasteiger partial charge on any atom is 0.191 e. The van der Waals surface area contributed by atoms with Gasteiger partial charge in [-0.15, -0.1) is 24.0 Å². The Morgan fingerprint density at radius 3 is 3.03 bits per heavy atom. The first-order valence-electron chi connectivity index (χ1n) is 10.4. The Bertz CT molecular complexity index is 628. The number of rotatable bonds is 8. The molecule has 29 heavy (non-hydrogen) atoms. The number of anilines is 1. The summed E-state index contributed by atoms with van der Waals surface area (Å²) in [5, 5.41) is 6.87. The Morgan fingerprint density at radius 2 is 2.28 bits per heavy atom. The Balaban J connectivity index is 0.00000300. The molecule has 1 aromatic rings. The maximum atomic E-state index is 13.5. The zero-order valence-corrected chi connectivity index (χ0v) is 19.6. The van der Waals surface area contributed by atoms with E-state index in [0.717, 1.165) is 83.4 Å². The molecule has 8 heteroatoms. The van der Waals surface area contributed by atoms with E-state index in [2.05, 4.69) is 20.5 Å². The minimum absolute atomic E-state index is 0. The van der Waals surface area contributed by atoms with Crippen LogP contribution < -0.4 is 15.5 Å². The summed E-state index contributed by atoms with van der Waals surface area (Å²) in [5.41, 5.74) is 0.944. The van der Waals surface area contributed by atoms with Gasteiger partial charge in [0.2, 0.25) is 0 Å². The number of guanidine groups is 1. The average molecular weight is 520 g/mol. The molecular weight excluding hydrogens is 486 g/mol. The van der Waals surface area contributed by atoms with E-state index in [0.29, 0.717) is 12.0 Å². The Labute approximate surface area is 190 Å². The fourth-order valence-electron chi connectivity index (χ4n) is 3.74. The van der Waals surface area contributed by atoms with Crippen molar-refractivity contribution in [2.45, 2.75) is 31.7 Å². The first kappa shape index (κ1) is 24.1. The second kappa shape index (κ2) is 13.2. The third-order valence-corrected chi connectivity index (χ3v) is 5.29. The van der Waals surface area contributed by atoms with E-state index < -0.39 is 0 Å². The molecule has 2 fully saturated rings. The van der Waals surface area contributed by atoms with Crippen molar-refractivity contribution in [2.24, 2.45) is 10.9 Å². The highest BCUT2D eigenvalue weighted by Crippen LogP contribution is 2.20. The monoisotopic (exact) mass is 520 g/mol. The molecule has 2 aliphatic rings. The van der Waals surface area contributed by atoms with E-state index in [1.165, 1.54) is 6.07 Å². The van der Waals surface area contributed by atoms with Gasteiger partial charge >= 0.3 is 0 Å². The molecule has 2 N–H and O–H groups in total. The standard InChI is InChI=1S/C21H33FN4O2.HI/c1-23-21(24-9-4-11-27-15-17-8-12-28-16-17)25-19-6-3-10-26(14-19)20-7-2-5-18(22)13-20;/h2,5,7,13,17,19H,3-4,6,8-12,14-16H2,1H3,(H2,23,24,25);1H. The zero-order chi connectivity index (χ0) is 19.6. The Hall–Kier alpha value is -1.13. The van der Waals surface area contributed by atoms with Crippen molar-refractivity contribution in [3.8, 4) is 0 Å². The van der Waals surface area contributed by atoms with Gasteiger partial charge in [0.1, 0.15) is 5.82 Å². The Morgan fingerprint density at radius 1 is 1.38 bits per heavy atom. The van der Waals surface area contributed by atoms with Gasteiger partial charge in [-0.25, -0.2) is 4.39 Å². The van der Waals surface area contributed by atoms with Crippen molar-refractivity contribution in [1.82, 2.24) is 10.6 Å². The number of nitrogens with one attached hydrogen (secondary N) is 2. The summed E-state index contributed by atoms with van der Waals surface area (Å²) in [6.07, 6.45) is 4.21. The molecule has 164 valence electrons. The number of piperidine rings is 1. The van der Waals surface area contributed by atoms with Crippen LogP contribution in [0, 0.1) is 11.7 Å². The van der Waals surface area contributed by atoms with Gasteiger partial charge in [-0.1, -0.05) is 6.07 Å². The normalized spacial score (nSPS) is 22.3. The van der Waals surface area contributed by atoms with Crippen molar-refractivity contribution in [3.63, 3.8) is 0 Å². The van der Waals surface area contributed by atoms with E-state index >= 15 is 0 Å². The number of aliphatic imine (C=N–C) groups is 1. The van der Waals surface area contributed by atoms with Crippen LogP contribution in [0.4, 0.5) is 10.1 Å². The molecule has 0 spiro atoms. The van der Waals surface area contributed by atoms with Crippen molar-refractivity contribution in [2.75, 3.05) is 58.0 Å². The van der Waals surface area contributed by atoms with Gasteiger partial charge in [-0.2, -0.15) is 0 Å². The molecule has 0 saturated carbocycles. The number of hydrogen-bond acceptors (Lipinski definition) is 4. The highest BCUT2D eigenvalue weighted by molar-refractivity contribution is 14.0. The summed E-state index contributed by atoms with van der Waals surface area (Å²) in [4.78, 5) is 6.57. The van der Waals surface area contributed by atoms with Gasteiger partial charge in [0, 0.05) is 57.5 Å². The Kier molecular flexibility index (Phi) is 11.0. The first-order valence-corrected chi connectivity index (χ1v) is 10.4. The van der Waals surface area contributed by atoms with E-state index in [1.54, 1.807) is 19.2 Å². The highest BCUT2D eigenvalue weighted by Gasteiger charge is 2.21. The molecule has 0 aromatic heterocycles. The van der Waals surface area contributed by atoms with Crippen LogP contribution in [0.1, 0.15) is 25.7 Å². The lowest BCUT2D eigenvalue weighted by atomic mass is 10.0. The first-order chi connectivity index (χ1) is 13.7. The average Bonchev–Trinajstić information content (AvgIpc) is 3.23. The van der Waals surface area contributed by atoms with E-state index in [-0.39, 0.29) is 29.8 Å². The van der Waals surface area contributed by atoms with Crippen LogP contribution in [0.3, 0.4) is 0 Å².